The lowest BCUT2D eigenvalue weighted by molar-refractivity contribution is -0.121. The van der Waals surface area contributed by atoms with E-state index < -0.39 is 17.9 Å². The molecule has 1 aromatic heterocycles. The van der Waals surface area contributed by atoms with Gasteiger partial charge in [0.05, 0.1) is 5.69 Å². The Kier molecular flexibility index (Phi) is 3.82. The lowest BCUT2D eigenvalue weighted by atomic mass is 10.1. The summed E-state index contributed by atoms with van der Waals surface area (Å²) in [5.41, 5.74) is 5.49. The third-order valence-corrected chi connectivity index (χ3v) is 2.37. The lowest BCUT2D eigenvalue weighted by Crippen LogP contribution is -2.26. The Hall–Kier alpha value is -1.92. The molecule has 0 saturated heterocycles. The molecule has 1 amide bonds. The first-order valence-corrected chi connectivity index (χ1v) is 5.31. The topological polar surface area (TPSA) is 111 Å². The predicted molar refractivity (Wildman–Crippen MR) is 59.4 cm³/mol. The number of hydrogen-bond acceptors (Lipinski definition) is 4. The molecule has 0 aliphatic carbocycles. The summed E-state index contributed by atoms with van der Waals surface area (Å²) in [5, 5.41) is 16.3. The Morgan fingerprint density at radius 1 is 1.41 bits per heavy atom. The molecule has 1 rings (SSSR count). The van der Waals surface area contributed by atoms with Crippen molar-refractivity contribution in [3.8, 4) is 0 Å². The van der Waals surface area contributed by atoms with Gasteiger partial charge in [-0.05, 0) is 19.3 Å². The van der Waals surface area contributed by atoms with Gasteiger partial charge in [0.1, 0.15) is 6.04 Å². The van der Waals surface area contributed by atoms with E-state index in [4.69, 9.17) is 10.8 Å². The van der Waals surface area contributed by atoms with Crippen molar-refractivity contribution in [1.82, 2.24) is 15.0 Å². The number of carboxylic acid groups (broad SMARTS) is 1. The van der Waals surface area contributed by atoms with Crippen molar-refractivity contribution in [3.05, 3.63) is 11.4 Å². The van der Waals surface area contributed by atoms with Crippen molar-refractivity contribution in [2.24, 2.45) is 11.7 Å². The second-order valence-electron chi connectivity index (χ2n) is 4.31. The minimum Gasteiger partial charge on any atom is -0.476 e. The van der Waals surface area contributed by atoms with E-state index in [2.05, 4.69) is 10.3 Å². The highest BCUT2D eigenvalue weighted by Crippen LogP contribution is 2.16. The Labute approximate surface area is 98.6 Å². The number of primary amides is 1. The highest BCUT2D eigenvalue weighted by molar-refractivity contribution is 5.86. The van der Waals surface area contributed by atoms with E-state index >= 15 is 0 Å². The average Bonchev–Trinajstić information content (AvgIpc) is 2.59. The van der Waals surface area contributed by atoms with E-state index in [1.165, 1.54) is 4.68 Å². The summed E-state index contributed by atoms with van der Waals surface area (Å²) in [6.07, 6.45) is 0.478. The summed E-state index contributed by atoms with van der Waals surface area (Å²) >= 11 is 0. The highest BCUT2D eigenvalue weighted by atomic mass is 16.4. The first-order chi connectivity index (χ1) is 7.84. The largest absolute Gasteiger partial charge is 0.476 e. The van der Waals surface area contributed by atoms with Gasteiger partial charge in [0.2, 0.25) is 5.91 Å². The zero-order valence-electron chi connectivity index (χ0n) is 10.0. The molecule has 0 aromatic carbocycles. The fourth-order valence-electron chi connectivity index (χ4n) is 1.49. The first-order valence-electron chi connectivity index (χ1n) is 5.31. The van der Waals surface area contributed by atoms with E-state index in [-0.39, 0.29) is 11.6 Å². The quantitative estimate of drug-likeness (QED) is 0.764. The number of carbonyl (C=O) groups excluding carboxylic acids is 1. The maximum absolute atomic E-state index is 11.1. The minimum atomic E-state index is -1.15. The second-order valence-corrected chi connectivity index (χ2v) is 4.31. The van der Waals surface area contributed by atoms with Crippen LogP contribution in [0.4, 0.5) is 0 Å². The van der Waals surface area contributed by atoms with Gasteiger partial charge in [0.25, 0.3) is 0 Å². The summed E-state index contributed by atoms with van der Waals surface area (Å²) in [4.78, 5) is 22.1. The zero-order valence-corrected chi connectivity index (χ0v) is 10.0. The van der Waals surface area contributed by atoms with Crippen molar-refractivity contribution in [2.75, 3.05) is 0 Å². The van der Waals surface area contributed by atoms with Gasteiger partial charge in [0.15, 0.2) is 5.69 Å². The molecule has 0 radical (unpaired) electrons. The predicted octanol–water partition coefficient (Wildman–Crippen LogP) is 0.221. The van der Waals surface area contributed by atoms with Crippen LogP contribution in [0, 0.1) is 5.92 Å². The van der Waals surface area contributed by atoms with Crippen LogP contribution in [0.3, 0.4) is 0 Å². The standard InChI is InChI=1S/C10H16N4O3/c1-5(2)4-7-8(10(16)17)12-13-14(7)6(3)9(11)15/h5-6H,4H2,1-3H3,(H2,11,15)(H,16,17). The van der Waals surface area contributed by atoms with Gasteiger partial charge in [-0.25, -0.2) is 9.48 Å². The minimum absolute atomic E-state index is 0.119. The van der Waals surface area contributed by atoms with Crippen molar-refractivity contribution in [3.63, 3.8) is 0 Å². The van der Waals surface area contributed by atoms with Gasteiger partial charge in [-0.1, -0.05) is 19.1 Å². The van der Waals surface area contributed by atoms with Crippen molar-refractivity contribution in [2.45, 2.75) is 33.2 Å². The van der Waals surface area contributed by atoms with Crippen LogP contribution in [0.1, 0.15) is 43.0 Å². The molecular weight excluding hydrogens is 224 g/mol. The van der Waals surface area contributed by atoms with Crippen LogP contribution in [-0.4, -0.2) is 32.0 Å². The van der Waals surface area contributed by atoms with E-state index in [9.17, 15) is 9.59 Å². The number of nitrogens with zero attached hydrogens (tertiary/aromatic N) is 3. The van der Waals surface area contributed by atoms with Gasteiger partial charge in [-0.3, -0.25) is 4.79 Å². The van der Waals surface area contributed by atoms with Gasteiger partial charge in [0, 0.05) is 0 Å². The Balaban J connectivity index is 3.22. The monoisotopic (exact) mass is 240 g/mol. The van der Waals surface area contributed by atoms with E-state index in [1.807, 2.05) is 13.8 Å². The van der Waals surface area contributed by atoms with E-state index in [0.717, 1.165) is 0 Å². The first kappa shape index (κ1) is 13.1. The van der Waals surface area contributed by atoms with Crippen LogP contribution in [0.15, 0.2) is 0 Å². The molecule has 1 heterocycles. The van der Waals surface area contributed by atoms with Crippen LogP contribution >= 0.6 is 0 Å². The number of aromatic nitrogens is 3. The SMILES string of the molecule is CC(C)Cc1c(C(=O)O)nnn1C(C)C(N)=O. The molecule has 1 unspecified atom stereocenters. The molecule has 94 valence electrons. The molecular formula is C10H16N4O3. The molecule has 17 heavy (non-hydrogen) atoms. The molecule has 7 heteroatoms. The Morgan fingerprint density at radius 2 is 2.00 bits per heavy atom. The molecule has 1 atom stereocenters. The van der Waals surface area contributed by atoms with Crippen LogP contribution in [0.5, 0.6) is 0 Å². The molecule has 3 N–H and O–H groups in total. The van der Waals surface area contributed by atoms with Crippen LogP contribution in [-0.2, 0) is 11.2 Å². The molecule has 0 spiro atoms. The van der Waals surface area contributed by atoms with Crippen molar-refractivity contribution in [1.29, 1.82) is 0 Å². The molecule has 0 aliphatic rings. The number of carboxylic acids is 1. The number of aromatic carboxylic acids is 1. The van der Waals surface area contributed by atoms with Crippen molar-refractivity contribution >= 4 is 11.9 Å². The summed E-state index contributed by atoms with van der Waals surface area (Å²) in [7, 11) is 0. The highest BCUT2D eigenvalue weighted by Gasteiger charge is 2.24. The third kappa shape index (κ3) is 2.80. The molecule has 0 saturated carbocycles. The number of amides is 1. The summed E-state index contributed by atoms with van der Waals surface area (Å²) < 4.78 is 1.28. The van der Waals surface area contributed by atoms with Gasteiger partial charge in [-0.2, -0.15) is 0 Å². The molecule has 7 nitrogen and oxygen atoms in total. The number of nitrogens with two attached hydrogens (primary N) is 1. The maximum Gasteiger partial charge on any atom is 0.358 e. The number of hydrogen-bond donors (Lipinski definition) is 2. The summed E-state index contributed by atoms with van der Waals surface area (Å²) in [6, 6.07) is -0.704. The number of carbonyl (C=O) groups is 2. The molecule has 0 bridgehead atoms. The fourth-order valence-corrected chi connectivity index (χ4v) is 1.49. The van der Waals surface area contributed by atoms with Gasteiger partial charge in [-0.15, -0.1) is 5.10 Å². The summed E-state index contributed by atoms with van der Waals surface area (Å²) in [5.74, 6) is -1.49. The average molecular weight is 240 g/mol. The van der Waals surface area contributed by atoms with Gasteiger partial charge >= 0.3 is 5.97 Å². The zero-order chi connectivity index (χ0) is 13.2. The van der Waals surface area contributed by atoms with Gasteiger partial charge < -0.3 is 10.8 Å². The fraction of sp³-hybridized carbons (Fsp3) is 0.600. The maximum atomic E-state index is 11.1. The summed E-state index contributed by atoms with van der Waals surface area (Å²) in [6.45, 7) is 5.45. The van der Waals surface area contributed by atoms with Crippen molar-refractivity contribution < 1.29 is 14.7 Å². The Bertz CT molecular complexity index is 439. The molecule has 0 aliphatic heterocycles. The lowest BCUT2D eigenvalue weighted by Gasteiger charge is -2.12. The molecule has 1 aromatic rings. The number of rotatable bonds is 5. The Morgan fingerprint density at radius 3 is 2.41 bits per heavy atom. The van der Waals surface area contributed by atoms with Crippen LogP contribution in [0.25, 0.3) is 0 Å². The second kappa shape index (κ2) is 4.94. The third-order valence-electron chi connectivity index (χ3n) is 2.37. The van der Waals surface area contributed by atoms with E-state index in [1.54, 1.807) is 6.92 Å². The normalized spacial score (nSPS) is 12.7. The van der Waals surface area contributed by atoms with Crippen LogP contribution < -0.4 is 5.73 Å². The molecule has 0 fully saturated rings. The van der Waals surface area contributed by atoms with Crippen LogP contribution in [0.2, 0.25) is 0 Å². The van der Waals surface area contributed by atoms with E-state index in [0.29, 0.717) is 12.1 Å². The smallest absolute Gasteiger partial charge is 0.358 e.